The van der Waals surface area contributed by atoms with Gasteiger partial charge in [0.15, 0.2) is 0 Å². The molecule has 1 atom stereocenters. The van der Waals surface area contributed by atoms with Crippen LogP contribution in [0.15, 0.2) is 84.0 Å². The third kappa shape index (κ3) is 9.46. The Hall–Kier alpha value is -1.66. The summed E-state index contributed by atoms with van der Waals surface area (Å²) in [6.45, 7) is 20.3. The summed E-state index contributed by atoms with van der Waals surface area (Å²) in [7, 11) is 0. The van der Waals surface area contributed by atoms with E-state index in [1.165, 1.54) is 80.0 Å². The van der Waals surface area contributed by atoms with Crippen LogP contribution < -0.4 is 24.8 Å². The molecular formula is C47H58Cl2Zr-2. The average molecular weight is 785 g/mol. The molecule has 4 bridgehead atoms. The zero-order chi connectivity index (χ0) is 34.4. The zero-order valence-electron chi connectivity index (χ0n) is 32.0. The zero-order valence-corrected chi connectivity index (χ0v) is 36.0. The standard InChI is InChI=1S/C21H25.C18H25.C8H8.2ClH.Zr/c1-20(2,3)16-7-9-18-14(12-16)11-15-13-17(21(4,5)6)8-10-19(15)18;1-12-3-13(2)17(4-12)11-18-8-14-5-15(9-18)7-16(6-14)10-18;1-7-3-5-8(2)6-4-7;;;/h7-13H,1-6H3;4,12,14-16H,5-11H2,1-2H3;1,3-6H,2H3;2*1H;/q2*-1;;;;+2/p-2. The molecule has 5 aliphatic carbocycles. The van der Waals surface area contributed by atoms with Gasteiger partial charge in [0.25, 0.3) is 0 Å². The molecule has 0 radical (unpaired) electrons. The first kappa shape index (κ1) is 41.1. The first-order chi connectivity index (χ1) is 22.6. The molecule has 0 amide bonds. The number of hydrogen-bond donors (Lipinski definition) is 0. The third-order valence-corrected chi connectivity index (χ3v) is 12.6. The number of hydrogen-bond acceptors (Lipinski definition) is 0. The monoisotopic (exact) mass is 782 g/mol. The second kappa shape index (κ2) is 16.2. The third-order valence-electron chi connectivity index (χ3n) is 11.8. The molecule has 0 heterocycles. The molecule has 1 unspecified atom stereocenters. The maximum absolute atomic E-state index is 3.57. The van der Waals surface area contributed by atoms with Crippen LogP contribution in [0.25, 0.3) is 21.5 Å². The first-order valence-electron chi connectivity index (χ1n) is 18.6. The molecular weight excluding hydrogens is 727 g/mol. The fourth-order valence-electron chi connectivity index (χ4n) is 9.62. The van der Waals surface area contributed by atoms with E-state index < -0.39 is 0 Å². The molecule has 0 nitrogen and oxygen atoms in total. The van der Waals surface area contributed by atoms with Gasteiger partial charge in [-0.2, -0.15) is 11.6 Å². The summed E-state index contributed by atoms with van der Waals surface area (Å²) in [5.41, 5.74) is 9.68. The predicted molar refractivity (Wildman–Crippen MR) is 206 cm³/mol. The number of rotatable bonds is 3. The fourth-order valence-corrected chi connectivity index (χ4v) is 10.1. The molecule has 0 aromatic heterocycles. The quantitative estimate of drug-likeness (QED) is 0.198. The van der Waals surface area contributed by atoms with Crippen LogP contribution in [0.2, 0.25) is 0 Å². The van der Waals surface area contributed by atoms with Crippen molar-refractivity contribution in [3.05, 3.63) is 112 Å². The van der Waals surface area contributed by atoms with Gasteiger partial charge < -0.3 is 24.8 Å². The molecule has 4 saturated carbocycles. The van der Waals surface area contributed by atoms with Crippen LogP contribution >= 0.6 is 0 Å². The average Bonchev–Trinajstić information content (AvgIpc) is 3.53. The predicted octanol–water partition coefficient (Wildman–Crippen LogP) is 6.93. The summed E-state index contributed by atoms with van der Waals surface area (Å²) in [4.78, 5) is 0. The Morgan fingerprint density at radius 3 is 1.58 bits per heavy atom. The van der Waals surface area contributed by atoms with Crippen LogP contribution in [0, 0.1) is 42.1 Å². The van der Waals surface area contributed by atoms with Crippen LogP contribution in [0.4, 0.5) is 0 Å². The Bertz CT molecular complexity index is 1730. The van der Waals surface area contributed by atoms with Crippen LogP contribution in [0.1, 0.15) is 123 Å². The Kier molecular flexibility index (Phi) is 13.3. The van der Waals surface area contributed by atoms with Crippen molar-refractivity contribution in [1.29, 1.82) is 0 Å². The minimum atomic E-state index is 0. The molecule has 3 heteroatoms. The van der Waals surface area contributed by atoms with Gasteiger partial charge in [0, 0.05) is 0 Å². The Balaban J connectivity index is 0.000000177. The van der Waals surface area contributed by atoms with Gasteiger partial charge in [0.05, 0.1) is 0 Å². The maximum atomic E-state index is 3.57. The van der Waals surface area contributed by atoms with E-state index in [1.807, 2.05) is 0 Å². The van der Waals surface area contributed by atoms with Gasteiger partial charge in [-0.1, -0.05) is 103 Å². The van der Waals surface area contributed by atoms with E-state index in [9.17, 15) is 0 Å². The van der Waals surface area contributed by atoms with E-state index in [0.717, 1.165) is 17.8 Å². The second-order valence-electron chi connectivity index (χ2n) is 18.1. The summed E-state index contributed by atoms with van der Waals surface area (Å²) in [6.07, 6.45) is 16.7. The number of halogens is 2. The van der Waals surface area contributed by atoms with Crippen LogP contribution in [0.3, 0.4) is 0 Å². The van der Waals surface area contributed by atoms with Gasteiger partial charge in [0.1, 0.15) is 0 Å². The SMILES string of the molecule is CC(C)(C)c1ccc2c(c1)[cH-]c1cc(C(C)(C)C)ccc12.CC1=[C-]C(C)C=C1CC12CC3CC(CC(C3)C1)C2.Cc1ccc([CH]=[Zr+2])cc1.[Cl-].[Cl-]. The molecule has 50 heavy (non-hydrogen) atoms. The first-order valence-corrected chi connectivity index (χ1v) is 20.1. The van der Waals surface area contributed by atoms with Gasteiger partial charge in [-0.05, 0) is 72.5 Å². The molecule has 5 aliphatic rings. The Morgan fingerprint density at radius 2 is 1.20 bits per heavy atom. The van der Waals surface area contributed by atoms with Crippen molar-refractivity contribution in [2.75, 3.05) is 0 Å². The van der Waals surface area contributed by atoms with Crippen molar-refractivity contribution < 1.29 is 49.0 Å². The van der Waals surface area contributed by atoms with E-state index >= 15 is 0 Å². The molecule has 4 aromatic rings. The van der Waals surface area contributed by atoms with Crippen LogP contribution in [0.5, 0.6) is 0 Å². The van der Waals surface area contributed by atoms with Crippen molar-refractivity contribution in [2.45, 2.75) is 118 Å². The summed E-state index contributed by atoms with van der Waals surface area (Å²) in [6, 6.07) is 24.7. The second-order valence-corrected chi connectivity index (χ2v) is 18.9. The van der Waals surface area contributed by atoms with Gasteiger partial charge in [0.2, 0.25) is 0 Å². The number of allylic oxidation sites excluding steroid dienone is 4. The van der Waals surface area contributed by atoms with E-state index in [-0.39, 0.29) is 35.6 Å². The van der Waals surface area contributed by atoms with Crippen LogP contribution in [-0.4, -0.2) is 3.71 Å². The van der Waals surface area contributed by atoms with Crippen molar-refractivity contribution in [2.24, 2.45) is 29.1 Å². The van der Waals surface area contributed by atoms with E-state index in [4.69, 9.17) is 0 Å². The molecule has 4 fully saturated rings. The van der Waals surface area contributed by atoms with E-state index in [2.05, 4.69) is 145 Å². The molecule has 9 rings (SSSR count). The number of benzene rings is 3. The van der Waals surface area contributed by atoms with Gasteiger partial charge in [-0.3, -0.25) is 6.08 Å². The van der Waals surface area contributed by atoms with Gasteiger partial charge >= 0.3 is 70.3 Å². The normalized spacial score (nSPS) is 25.0. The largest absolute Gasteiger partial charge is 1.00 e. The smallest absolute Gasteiger partial charge is 1.00 e. The number of aryl methyl sites for hydroxylation is 1. The molecule has 0 N–H and O–H groups in total. The summed E-state index contributed by atoms with van der Waals surface area (Å²) in [5, 5.41) is 5.48. The molecule has 4 aromatic carbocycles. The van der Waals surface area contributed by atoms with E-state index in [0.29, 0.717) is 11.3 Å². The molecule has 0 aliphatic heterocycles. The minimum absolute atomic E-state index is 0. The molecule has 266 valence electrons. The summed E-state index contributed by atoms with van der Waals surface area (Å²) < 4.78 is 2.19. The van der Waals surface area contributed by atoms with Crippen molar-refractivity contribution >= 4 is 25.3 Å². The van der Waals surface area contributed by atoms with Crippen molar-refractivity contribution in [1.82, 2.24) is 0 Å². The topological polar surface area (TPSA) is 0 Å². The summed E-state index contributed by atoms with van der Waals surface area (Å²) >= 11 is 1.47. The van der Waals surface area contributed by atoms with Gasteiger partial charge in [-0.25, -0.2) is 5.57 Å². The van der Waals surface area contributed by atoms with E-state index in [1.54, 1.807) is 44.1 Å². The minimum Gasteiger partial charge on any atom is -1.00 e. The Labute approximate surface area is 331 Å². The maximum Gasteiger partial charge on any atom is -1.00 e. The molecule has 0 spiro atoms. The van der Waals surface area contributed by atoms with Crippen molar-refractivity contribution in [3.8, 4) is 0 Å². The van der Waals surface area contributed by atoms with Crippen molar-refractivity contribution in [3.63, 3.8) is 0 Å². The molecule has 0 saturated heterocycles. The number of fused-ring (bicyclic) bond motifs is 3. The summed E-state index contributed by atoms with van der Waals surface area (Å²) in [5.74, 6) is 3.82. The fraction of sp³-hybridized carbons (Fsp3) is 0.489. The van der Waals surface area contributed by atoms with Crippen LogP contribution in [-0.2, 0) is 35.1 Å². The Morgan fingerprint density at radius 1 is 0.740 bits per heavy atom. The van der Waals surface area contributed by atoms with Gasteiger partial charge in [-0.15, -0.1) is 39.7 Å².